The molecule has 0 bridgehead atoms. The number of carbonyl (C=O) groups excluding carboxylic acids is 1. The highest BCUT2D eigenvalue weighted by molar-refractivity contribution is 9.10. The molecule has 0 heterocycles. The van der Waals surface area contributed by atoms with Crippen LogP contribution >= 0.6 is 15.9 Å². The predicted molar refractivity (Wildman–Crippen MR) is 61.3 cm³/mol. The second-order valence-electron chi connectivity index (χ2n) is 3.67. The molecule has 16 heavy (non-hydrogen) atoms. The summed E-state index contributed by atoms with van der Waals surface area (Å²) in [6, 6.07) is 4.60. The van der Waals surface area contributed by atoms with Crippen LogP contribution in [0.4, 0.5) is 5.69 Å². The van der Waals surface area contributed by atoms with Crippen molar-refractivity contribution in [1.82, 2.24) is 5.32 Å². The maximum atomic E-state index is 11.6. The first-order valence-electron chi connectivity index (χ1n) is 4.83. The van der Waals surface area contributed by atoms with E-state index in [9.17, 15) is 14.9 Å². The van der Waals surface area contributed by atoms with Gasteiger partial charge >= 0.3 is 0 Å². The normalized spacial score (nSPS) is 14.6. The molecular formula is C10H9BrN2O3. The fraction of sp³-hybridized carbons (Fsp3) is 0.300. The van der Waals surface area contributed by atoms with Gasteiger partial charge in [0, 0.05) is 17.7 Å². The highest BCUT2D eigenvalue weighted by Crippen LogP contribution is 2.26. The minimum Gasteiger partial charge on any atom is -0.349 e. The highest BCUT2D eigenvalue weighted by atomic mass is 79.9. The molecule has 0 atom stereocenters. The van der Waals surface area contributed by atoms with Crippen molar-refractivity contribution >= 4 is 27.5 Å². The summed E-state index contributed by atoms with van der Waals surface area (Å²) in [5.74, 6) is -0.252. The third-order valence-electron chi connectivity index (χ3n) is 2.32. The largest absolute Gasteiger partial charge is 0.349 e. The number of nitro groups is 1. The summed E-state index contributed by atoms with van der Waals surface area (Å²) in [6.07, 6.45) is 1.98. The van der Waals surface area contributed by atoms with E-state index >= 15 is 0 Å². The number of nitrogens with one attached hydrogen (secondary N) is 1. The number of halogens is 1. The van der Waals surface area contributed by atoms with Gasteiger partial charge in [0.25, 0.3) is 11.6 Å². The molecule has 1 saturated carbocycles. The van der Waals surface area contributed by atoms with Gasteiger partial charge in [0.2, 0.25) is 0 Å². The first-order chi connectivity index (χ1) is 7.58. The summed E-state index contributed by atoms with van der Waals surface area (Å²) in [5, 5.41) is 13.5. The van der Waals surface area contributed by atoms with E-state index in [4.69, 9.17) is 0 Å². The van der Waals surface area contributed by atoms with Crippen LogP contribution in [0.15, 0.2) is 22.7 Å². The Balaban J connectivity index is 2.23. The molecule has 1 fully saturated rings. The van der Waals surface area contributed by atoms with Gasteiger partial charge in [-0.1, -0.05) is 0 Å². The van der Waals surface area contributed by atoms with Gasteiger partial charge in [-0.3, -0.25) is 14.9 Å². The first kappa shape index (κ1) is 11.1. The number of rotatable bonds is 3. The minimum atomic E-state index is -0.516. The Hall–Kier alpha value is -1.43. The molecule has 0 saturated heterocycles. The van der Waals surface area contributed by atoms with Gasteiger partial charge in [-0.25, -0.2) is 0 Å². The van der Waals surface area contributed by atoms with Gasteiger partial charge in [0.15, 0.2) is 0 Å². The lowest BCUT2D eigenvalue weighted by molar-refractivity contribution is -0.385. The molecule has 0 aliphatic heterocycles. The van der Waals surface area contributed by atoms with E-state index in [1.54, 1.807) is 6.07 Å². The van der Waals surface area contributed by atoms with Crippen molar-refractivity contribution in [2.75, 3.05) is 0 Å². The molecule has 84 valence electrons. The van der Waals surface area contributed by atoms with Gasteiger partial charge in [-0.2, -0.15) is 0 Å². The molecule has 2 rings (SSSR count). The highest BCUT2D eigenvalue weighted by Gasteiger charge is 2.24. The Morgan fingerprint density at radius 3 is 2.75 bits per heavy atom. The molecule has 6 heteroatoms. The zero-order valence-corrected chi connectivity index (χ0v) is 9.86. The fourth-order valence-electron chi connectivity index (χ4n) is 1.29. The second kappa shape index (κ2) is 4.21. The van der Waals surface area contributed by atoms with Crippen LogP contribution in [0.2, 0.25) is 0 Å². The van der Waals surface area contributed by atoms with E-state index < -0.39 is 4.92 Å². The van der Waals surface area contributed by atoms with Crippen LogP contribution in [0.1, 0.15) is 23.2 Å². The maximum absolute atomic E-state index is 11.6. The van der Waals surface area contributed by atoms with Crippen molar-refractivity contribution in [3.8, 4) is 0 Å². The molecule has 1 amide bonds. The summed E-state index contributed by atoms with van der Waals surface area (Å²) in [6.45, 7) is 0. The zero-order chi connectivity index (χ0) is 11.7. The van der Waals surface area contributed by atoms with Gasteiger partial charge in [-0.15, -0.1) is 0 Å². The van der Waals surface area contributed by atoms with Crippen molar-refractivity contribution in [2.24, 2.45) is 0 Å². The fourth-order valence-corrected chi connectivity index (χ4v) is 1.68. The van der Waals surface area contributed by atoms with Gasteiger partial charge in [-0.05, 0) is 40.9 Å². The third-order valence-corrected chi connectivity index (χ3v) is 2.99. The predicted octanol–water partition coefficient (Wildman–Crippen LogP) is 2.25. The number of nitro benzene ring substituents is 1. The number of hydrogen-bond acceptors (Lipinski definition) is 3. The number of amides is 1. The van der Waals surface area contributed by atoms with Crippen LogP contribution in [-0.4, -0.2) is 16.9 Å². The van der Waals surface area contributed by atoms with Crippen molar-refractivity contribution in [3.05, 3.63) is 38.3 Å². The average Bonchev–Trinajstić information content (AvgIpc) is 3.01. The number of nitrogens with zero attached hydrogens (tertiary/aromatic N) is 1. The Kier molecular flexibility index (Phi) is 2.91. The van der Waals surface area contributed by atoms with E-state index in [0.717, 1.165) is 12.8 Å². The lowest BCUT2D eigenvalue weighted by Crippen LogP contribution is -2.25. The summed E-state index contributed by atoms with van der Waals surface area (Å²) in [7, 11) is 0. The van der Waals surface area contributed by atoms with Crippen LogP contribution in [-0.2, 0) is 0 Å². The Labute approximate surface area is 100 Å². The van der Waals surface area contributed by atoms with Gasteiger partial charge < -0.3 is 5.32 Å². The van der Waals surface area contributed by atoms with Crippen LogP contribution in [0.5, 0.6) is 0 Å². The number of benzene rings is 1. The standard InChI is InChI=1S/C10H9BrN2O3/c11-8-4-1-6(5-9(8)13(15)16)10(14)12-7-2-3-7/h1,4-5,7H,2-3H2,(H,12,14). The first-order valence-corrected chi connectivity index (χ1v) is 5.62. The van der Waals surface area contributed by atoms with Crippen LogP contribution < -0.4 is 5.32 Å². The molecule has 0 aromatic heterocycles. The molecule has 0 unspecified atom stereocenters. The molecule has 0 spiro atoms. The Morgan fingerprint density at radius 1 is 1.50 bits per heavy atom. The van der Waals surface area contributed by atoms with Gasteiger partial charge in [0.1, 0.15) is 0 Å². The van der Waals surface area contributed by atoms with Crippen molar-refractivity contribution in [1.29, 1.82) is 0 Å². The van der Waals surface area contributed by atoms with Crippen LogP contribution in [0.3, 0.4) is 0 Å². The zero-order valence-electron chi connectivity index (χ0n) is 8.27. The summed E-state index contributed by atoms with van der Waals surface area (Å²) in [4.78, 5) is 21.8. The third kappa shape index (κ3) is 2.38. The van der Waals surface area contributed by atoms with Crippen molar-refractivity contribution < 1.29 is 9.72 Å². The van der Waals surface area contributed by atoms with Gasteiger partial charge in [0.05, 0.1) is 9.40 Å². The topological polar surface area (TPSA) is 72.2 Å². The summed E-state index contributed by atoms with van der Waals surface area (Å²) >= 11 is 3.07. The average molecular weight is 285 g/mol. The molecule has 1 aromatic carbocycles. The molecular weight excluding hydrogens is 276 g/mol. The monoisotopic (exact) mass is 284 g/mol. The molecule has 1 aromatic rings. The van der Waals surface area contributed by atoms with Crippen LogP contribution in [0, 0.1) is 10.1 Å². The summed E-state index contributed by atoms with van der Waals surface area (Å²) in [5.41, 5.74) is 0.227. The molecule has 1 aliphatic rings. The quantitative estimate of drug-likeness (QED) is 0.683. The van der Waals surface area contributed by atoms with E-state index in [0.29, 0.717) is 10.0 Å². The minimum absolute atomic E-state index is 0.0940. The lowest BCUT2D eigenvalue weighted by atomic mass is 10.2. The Bertz CT molecular complexity index is 457. The SMILES string of the molecule is O=C(NC1CC1)c1ccc(Br)c([N+](=O)[O-])c1. The van der Waals surface area contributed by atoms with E-state index in [2.05, 4.69) is 21.2 Å². The summed E-state index contributed by atoms with van der Waals surface area (Å²) < 4.78 is 0.375. The smallest absolute Gasteiger partial charge is 0.284 e. The lowest BCUT2D eigenvalue weighted by Gasteiger charge is -2.03. The molecule has 0 radical (unpaired) electrons. The number of carbonyl (C=O) groups is 1. The molecule has 1 N–H and O–H groups in total. The molecule has 1 aliphatic carbocycles. The number of hydrogen-bond donors (Lipinski definition) is 1. The Morgan fingerprint density at radius 2 is 2.19 bits per heavy atom. The maximum Gasteiger partial charge on any atom is 0.284 e. The van der Waals surface area contributed by atoms with E-state index in [1.807, 2.05) is 0 Å². The van der Waals surface area contributed by atoms with Crippen LogP contribution in [0.25, 0.3) is 0 Å². The van der Waals surface area contributed by atoms with Crippen molar-refractivity contribution in [2.45, 2.75) is 18.9 Å². The van der Waals surface area contributed by atoms with E-state index in [1.165, 1.54) is 12.1 Å². The van der Waals surface area contributed by atoms with E-state index in [-0.39, 0.29) is 17.6 Å². The van der Waals surface area contributed by atoms with Crippen molar-refractivity contribution in [3.63, 3.8) is 0 Å². The second-order valence-corrected chi connectivity index (χ2v) is 4.53. The molecule has 5 nitrogen and oxygen atoms in total.